The Labute approximate surface area is 173 Å². The maximum absolute atomic E-state index is 12.7. The van der Waals surface area contributed by atoms with Crippen molar-refractivity contribution in [2.75, 3.05) is 11.9 Å². The molecule has 2 heterocycles. The van der Waals surface area contributed by atoms with E-state index < -0.39 is 17.3 Å². The highest BCUT2D eigenvalue weighted by Crippen LogP contribution is 2.28. The van der Waals surface area contributed by atoms with Gasteiger partial charge in [0, 0.05) is 22.9 Å². The Bertz CT molecular complexity index is 1030. The predicted molar refractivity (Wildman–Crippen MR) is 108 cm³/mol. The molecule has 29 heavy (non-hydrogen) atoms. The molecule has 5 nitrogen and oxygen atoms in total. The van der Waals surface area contributed by atoms with Crippen molar-refractivity contribution in [2.24, 2.45) is 0 Å². The minimum Gasteiger partial charge on any atom is -0.381 e. The summed E-state index contributed by atoms with van der Waals surface area (Å²) in [5, 5.41) is 7.13. The molecule has 0 saturated heterocycles. The van der Waals surface area contributed by atoms with Gasteiger partial charge in [-0.25, -0.2) is 4.98 Å². The van der Waals surface area contributed by atoms with Gasteiger partial charge in [0.1, 0.15) is 5.02 Å². The molecule has 0 saturated carbocycles. The minimum atomic E-state index is -4.51. The SMILES string of the molecule is CC(CNc1cnn(-c2ccc(C(F)(F)F)cn2)c(=O)c1Cl)Sc1ccccc1. The number of benzene rings is 1. The molecular formula is C19H16ClF3N4OS. The number of thioether (sulfide) groups is 1. The highest BCUT2D eigenvalue weighted by Gasteiger charge is 2.30. The highest BCUT2D eigenvalue weighted by atomic mass is 35.5. The monoisotopic (exact) mass is 440 g/mol. The third kappa shape index (κ3) is 5.30. The van der Waals surface area contributed by atoms with Gasteiger partial charge in [-0.15, -0.1) is 11.8 Å². The quantitative estimate of drug-likeness (QED) is 0.553. The van der Waals surface area contributed by atoms with Crippen LogP contribution in [0.2, 0.25) is 5.02 Å². The maximum atomic E-state index is 12.7. The summed E-state index contributed by atoms with van der Waals surface area (Å²) in [5.74, 6) is -0.0514. The third-order valence-corrected chi connectivity index (χ3v) is 5.35. The van der Waals surface area contributed by atoms with Crippen molar-refractivity contribution in [2.45, 2.75) is 23.2 Å². The fraction of sp³-hybridized carbons (Fsp3) is 0.211. The molecule has 1 aromatic carbocycles. The van der Waals surface area contributed by atoms with Crippen LogP contribution >= 0.6 is 23.4 Å². The molecule has 0 fully saturated rings. The number of hydrogen-bond donors (Lipinski definition) is 1. The summed E-state index contributed by atoms with van der Waals surface area (Å²) in [6.45, 7) is 2.56. The second-order valence-electron chi connectivity index (χ2n) is 6.11. The van der Waals surface area contributed by atoms with Crippen LogP contribution in [0.15, 0.2) is 64.5 Å². The second-order valence-corrected chi connectivity index (χ2v) is 8.00. The average Bonchev–Trinajstić information content (AvgIpc) is 2.69. The van der Waals surface area contributed by atoms with Crippen LogP contribution in [-0.4, -0.2) is 26.6 Å². The summed E-state index contributed by atoms with van der Waals surface area (Å²) < 4.78 is 38.8. The van der Waals surface area contributed by atoms with Gasteiger partial charge in [0.25, 0.3) is 5.56 Å². The molecule has 1 atom stereocenters. The Balaban J connectivity index is 1.71. The van der Waals surface area contributed by atoms with E-state index in [0.29, 0.717) is 18.4 Å². The van der Waals surface area contributed by atoms with Gasteiger partial charge < -0.3 is 5.32 Å². The molecule has 0 spiro atoms. The van der Waals surface area contributed by atoms with Gasteiger partial charge in [0.05, 0.1) is 17.4 Å². The lowest BCUT2D eigenvalue weighted by molar-refractivity contribution is -0.137. The van der Waals surface area contributed by atoms with E-state index in [2.05, 4.69) is 15.4 Å². The number of hydrogen-bond acceptors (Lipinski definition) is 5. The Hall–Kier alpha value is -2.52. The van der Waals surface area contributed by atoms with Gasteiger partial charge >= 0.3 is 6.18 Å². The van der Waals surface area contributed by atoms with E-state index in [1.54, 1.807) is 11.8 Å². The Kier molecular flexibility index (Phi) is 6.49. The summed E-state index contributed by atoms with van der Waals surface area (Å²) in [6, 6.07) is 11.8. The van der Waals surface area contributed by atoms with Crippen molar-refractivity contribution in [3.8, 4) is 5.82 Å². The first-order chi connectivity index (χ1) is 13.8. The smallest absolute Gasteiger partial charge is 0.381 e. The van der Waals surface area contributed by atoms with Crippen molar-refractivity contribution in [3.05, 3.63) is 75.8 Å². The van der Waals surface area contributed by atoms with Crippen LogP contribution in [0.1, 0.15) is 12.5 Å². The minimum absolute atomic E-state index is 0.0514. The number of rotatable bonds is 6. The van der Waals surface area contributed by atoms with E-state index in [9.17, 15) is 18.0 Å². The molecule has 3 aromatic rings. The van der Waals surface area contributed by atoms with Crippen LogP contribution in [0.5, 0.6) is 0 Å². The van der Waals surface area contributed by atoms with Crippen molar-refractivity contribution >= 4 is 29.1 Å². The lowest BCUT2D eigenvalue weighted by Gasteiger charge is -2.14. The fourth-order valence-electron chi connectivity index (χ4n) is 2.42. The zero-order valence-corrected chi connectivity index (χ0v) is 16.7. The van der Waals surface area contributed by atoms with Crippen molar-refractivity contribution in [3.63, 3.8) is 0 Å². The van der Waals surface area contributed by atoms with Gasteiger partial charge in [-0.1, -0.05) is 36.7 Å². The van der Waals surface area contributed by atoms with E-state index in [4.69, 9.17) is 11.6 Å². The lowest BCUT2D eigenvalue weighted by atomic mass is 10.3. The highest BCUT2D eigenvalue weighted by molar-refractivity contribution is 8.00. The van der Waals surface area contributed by atoms with E-state index in [-0.39, 0.29) is 16.1 Å². The van der Waals surface area contributed by atoms with Gasteiger partial charge in [0.15, 0.2) is 5.82 Å². The Morgan fingerprint density at radius 3 is 2.52 bits per heavy atom. The molecule has 3 rings (SSSR count). The van der Waals surface area contributed by atoms with Crippen LogP contribution in [-0.2, 0) is 6.18 Å². The normalized spacial score (nSPS) is 12.6. The molecule has 152 valence electrons. The van der Waals surface area contributed by atoms with Crippen molar-refractivity contribution in [1.82, 2.24) is 14.8 Å². The van der Waals surface area contributed by atoms with Gasteiger partial charge in [0.2, 0.25) is 0 Å². The van der Waals surface area contributed by atoms with Crippen molar-refractivity contribution in [1.29, 1.82) is 0 Å². The molecule has 0 aliphatic heterocycles. The first-order valence-electron chi connectivity index (χ1n) is 8.52. The van der Waals surface area contributed by atoms with E-state index >= 15 is 0 Å². The van der Waals surface area contributed by atoms with E-state index in [0.717, 1.165) is 21.7 Å². The van der Waals surface area contributed by atoms with Gasteiger partial charge in [-0.05, 0) is 24.3 Å². The maximum Gasteiger partial charge on any atom is 0.417 e. The van der Waals surface area contributed by atoms with Crippen LogP contribution in [0.25, 0.3) is 5.82 Å². The molecule has 1 unspecified atom stereocenters. The molecule has 0 aliphatic carbocycles. The van der Waals surface area contributed by atoms with Crippen LogP contribution in [0.4, 0.5) is 18.9 Å². The number of aromatic nitrogens is 3. The van der Waals surface area contributed by atoms with Gasteiger partial charge in [-0.3, -0.25) is 4.79 Å². The summed E-state index contributed by atoms with van der Waals surface area (Å²) in [7, 11) is 0. The van der Waals surface area contributed by atoms with E-state index in [1.807, 2.05) is 37.3 Å². The molecule has 0 aliphatic rings. The average molecular weight is 441 g/mol. The molecule has 0 bridgehead atoms. The number of pyridine rings is 1. The van der Waals surface area contributed by atoms with E-state index in [1.165, 1.54) is 6.20 Å². The van der Waals surface area contributed by atoms with Crippen LogP contribution in [0, 0.1) is 0 Å². The summed E-state index contributed by atoms with van der Waals surface area (Å²) >= 11 is 7.81. The predicted octanol–water partition coefficient (Wildman–Crippen LogP) is 4.89. The van der Waals surface area contributed by atoms with Crippen molar-refractivity contribution < 1.29 is 13.2 Å². The number of anilines is 1. The zero-order valence-electron chi connectivity index (χ0n) is 15.2. The second kappa shape index (κ2) is 8.87. The summed E-state index contributed by atoms with van der Waals surface area (Å²) in [6.07, 6.45) is -2.52. The Morgan fingerprint density at radius 2 is 1.90 bits per heavy atom. The molecular weight excluding hydrogens is 425 g/mol. The third-order valence-electron chi connectivity index (χ3n) is 3.87. The molecule has 0 radical (unpaired) electrons. The molecule has 10 heteroatoms. The number of nitrogens with zero attached hydrogens (tertiary/aromatic N) is 3. The molecule has 1 N–H and O–H groups in total. The van der Waals surface area contributed by atoms with Gasteiger partial charge in [-0.2, -0.15) is 23.0 Å². The lowest BCUT2D eigenvalue weighted by Crippen LogP contribution is -2.24. The first kappa shape index (κ1) is 21.2. The Morgan fingerprint density at radius 1 is 1.17 bits per heavy atom. The zero-order chi connectivity index (χ0) is 21.0. The first-order valence-corrected chi connectivity index (χ1v) is 9.78. The summed E-state index contributed by atoms with van der Waals surface area (Å²) in [4.78, 5) is 17.3. The van der Waals surface area contributed by atoms with Crippen LogP contribution in [0.3, 0.4) is 0 Å². The summed E-state index contributed by atoms with van der Waals surface area (Å²) in [5.41, 5.74) is -1.24. The number of halogens is 4. The number of alkyl halides is 3. The standard InChI is InChI=1S/C19H16ClF3N4OS/c1-12(29-14-5-3-2-4-6-14)9-24-15-11-26-27(18(28)17(15)20)16-8-7-13(10-25-16)19(21,22)23/h2-8,10-12,24H,9H2,1H3. The number of nitrogens with one attached hydrogen (secondary N) is 1. The molecule has 2 aromatic heterocycles. The molecule has 0 amide bonds. The topological polar surface area (TPSA) is 59.8 Å². The fourth-order valence-corrected chi connectivity index (χ4v) is 3.57. The van der Waals surface area contributed by atoms with Crippen LogP contribution < -0.4 is 10.9 Å². The largest absolute Gasteiger partial charge is 0.417 e.